The van der Waals surface area contributed by atoms with Gasteiger partial charge in [-0.3, -0.25) is 37.6 Å². The zero-order valence-corrected chi connectivity index (χ0v) is 24.8. The zero-order valence-electron chi connectivity index (χ0n) is 23.2. The third-order valence-electron chi connectivity index (χ3n) is 5.23. The molecular formula is C23H52N4O8S2. The normalized spacial score (nSPS) is 15.6. The molecular weight excluding hydrogens is 524 g/mol. The van der Waals surface area contributed by atoms with Gasteiger partial charge in [0, 0.05) is 27.1 Å². The summed E-state index contributed by atoms with van der Waals surface area (Å²) in [5, 5.41) is 0. The number of nitrogens with zero attached hydrogens (tertiary/aromatic N) is 2. The lowest BCUT2D eigenvalue weighted by atomic mass is 10.0. The first kappa shape index (κ1) is 36.0. The van der Waals surface area contributed by atoms with E-state index >= 15 is 0 Å². The molecule has 0 aromatic carbocycles. The monoisotopic (exact) mass is 576 g/mol. The van der Waals surface area contributed by atoms with Crippen LogP contribution < -0.4 is 9.44 Å². The zero-order chi connectivity index (χ0) is 28.3. The van der Waals surface area contributed by atoms with Crippen LogP contribution in [0.2, 0.25) is 0 Å². The molecule has 6 N–H and O–H groups in total. The average molecular weight is 577 g/mol. The van der Waals surface area contributed by atoms with Gasteiger partial charge in [-0.1, -0.05) is 57.8 Å². The van der Waals surface area contributed by atoms with E-state index in [4.69, 9.17) is 9.47 Å². The highest BCUT2D eigenvalue weighted by Gasteiger charge is 2.23. The Morgan fingerprint density at radius 2 is 0.865 bits per heavy atom. The molecule has 0 atom stereocenters. The van der Waals surface area contributed by atoms with Crippen LogP contribution in [0, 0.1) is 0 Å². The molecule has 0 aliphatic carbocycles. The van der Waals surface area contributed by atoms with Crippen molar-refractivity contribution in [3.05, 3.63) is 0 Å². The van der Waals surface area contributed by atoms with E-state index in [1.165, 1.54) is 6.42 Å². The highest BCUT2D eigenvalue weighted by atomic mass is 32.3. The lowest BCUT2D eigenvalue weighted by molar-refractivity contribution is 0.208. The Morgan fingerprint density at radius 3 is 1.11 bits per heavy atom. The van der Waals surface area contributed by atoms with E-state index in [0.29, 0.717) is 50.8 Å². The van der Waals surface area contributed by atoms with Crippen LogP contribution in [0.5, 0.6) is 0 Å². The molecule has 0 radical (unpaired) electrons. The second-order valence-corrected chi connectivity index (χ2v) is 15.0. The molecule has 0 fully saturated rings. The summed E-state index contributed by atoms with van der Waals surface area (Å²) in [4.78, 5) is 8.43. The summed E-state index contributed by atoms with van der Waals surface area (Å²) >= 11 is 0. The molecule has 0 saturated carbocycles. The molecule has 0 aromatic rings. The minimum Gasteiger partial charge on any atom is -0.383 e. The fraction of sp³-hybridized carbons (Fsp3) is 0.913. The van der Waals surface area contributed by atoms with Gasteiger partial charge in [0.1, 0.15) is 11.7 Å². The smallest absolute Gasteiger partial charge is 0.154 e. The predicted molar refractivity (Wildman–Crippen MR) is 153 cm³/mol. The van der Waals surface area contributed by atoms with Crippen LogP contribution in [0.3, 0.4) is 0 Å². The van der Waals surface area contributed by atoms with E-state index in [2.05, 4.69) is 19.4 Å². The van der Waals surface area contributed by atoms with E-state index in [-0.39, 0.29) is 0 Å². The number of amidine groups is 2. The van der Waals surface area contributed by atoms with Crippen molar-refractivity contribution in [3.63, 3.8) is 0 Å². The van der Waals surface area contributed by atoms with Crippen molar-refractivity contribution in [1.29, 1.82) is 0 Å². The molecule has 0 spiro atoms. The van der Waals surface area contributed by atoms with Gasteiger partial charge in [-0.2, -0.15) is 0 Å². The van der Waals surface area contributed by atoms with Crippen LogP contribution >= 0.6 is 0 Å². The molecule has 14 heteroatoms. The SMILES string of the molecule is COCCN=C(CCCCCCCCCCCCCC(=NCCOC)NS(C)(=O)(O)O)NS(C)(=O)(O)O. The summed E-state index contributed by atoms with van der Waals surface area (Å²) in [7, 11) is -6.57. The molecule has 37 heavy (non-hydrogen) atoms. The molecule has 0 aliphatic heterocycles. The molecule has 12 nitrogen and oxygen atoms in total. The van der Waals surface area contributed by atoms with Gasteiger partial charge in [-0.15, -0.1) is 0 Å². The highest BCUT2D eigenvalue weighted by molar-refractivity contribution is 8.08. The van der Waals surface area contributed by atoms with Crippen LogP contribution in [0.15, 0.2) is 9.98 Å². The number of hydrogen-bond acceptors (Lipinski definition) is 6. The quantitative estimate of drug-likeness (QED) is 0.0636. The maximum Gasteiger partial charge on any atom is 0.154 e. The Balaban J connectivity index is 3.96. The maximum atomic E-state index is 11.7. The third kappa shape index (κ3) is 27.8. The molecule has 0 rings (SSSR count). The predicted octanol–water partition coefficient (Wildman–Crippen LogP) is 3.95. The first-order valence-electron chi connectivity index (χ1n) is 13.0. The summed E-state index contributed by atoms with van der Waals surface area (Å²) in [5.74, 6) is 0.642. The average Bonchev–Trinajstić information content (AvgIpc) is 2.73. The van der Waals surface area contributed by atoms with Crippen molar-refractivity contribution in [3.8, 4) is 0 Å². The summed E-state index contributed by atoms with van der Waals surface area (Å²) in [6, 6.07) is 0. The van der Waals surface area contributed by atoms with Gasteiger partial charge >= 0.3 is 0 Å². The van der Waals surface area contributed by atoms with Gasteiger partial charge < -0.3 is 9.47 Å². The largest absolute Gasteiger partial charge is 0.383 e. The molecule has 0 aliphatic rings. The van der Waals surface area contributed by atoms with Crippen molar-refractivity contribution in [2.24, 2.45) is 9.98 Å². The minimum atomic E-state index is -4.84. The second kappa shape index (κ2) is 17.6. The number of methoxy groups -OCH3 is 2. The molecule has 0 heterocycles. The molecule has 0 aromatic heterocycles. The molecule has 0 amide bonds. The Kier molecular flexibility index (Phi) is 17.1. The lowest BCUT2D eigenvalue weighted by Gasteiger charge is -2.28. The number of ether oxygens (including phenoxy) is 2. The van der Waals surface area contributed by atoms with E-state index in [1.54, 1.807) is 14.2 Å². The Labute approximate surface area is 223 Å². The van der Waals surface area contributed by atoms with Gasteiger partial charge in [0.25, 0.3) is 0 Å². The summed E-state index contributed by atoms with van der Waals surface area (Å²) < 4.78 is 76.1. The summed E-state index contributed by atoms with van der Waals surface area (Å²) in [6.45, 7) is 1.51. The molecule has 0 saturated heterocycles. The first-order valence-corrected chi connectivity index (χ1v) is 17.5. The van der Waals surface area contributed by atoms with E-state index < -0.39 is 19.6 Å². The van der Waals surface area contributed by atoms with Gasteiger partial charge in [0.15, 0.2) is 19.6 Å². The van der Waals surface area contributed by atoms with Crippen molar-refractivity contribution < 1.29 is 36.1 Å². The number of rotatable bonds is 22. The number of aliphatic imine (C=N–C) groups is 2. The molecule has 0 unspecified atom stereocenters. The Bertz CT molecular complexity index is 736. The number of hydrogen-bond donors (Lipinski definition) is 6. The van der Waals surface area contributed by atoms with Crippen molar-refractivity contribution in [2.45, 2.75) is 83.5 Å². The highest BCUT2D eigenvalue weighted by Crippen LogP contribution is 2.14. The van der Waals surface area contributed by atoms with E-state index in [0.717, 1.165) is 76.7 Å². The minimum absolute atomic E-state index is 0.321. The number of unbranched alkanes of at least 4 members (excludes halogenated alkanes) is 10. The van der Waals surface area contributed by atoms with Crippen LogP contribution in [0.4, 0.5) is 0 Å². The van der Waals surface area contributed by atoms with Gasteiger partial charge in [0.05, 0.1) is 38.8 Å². The van der Waals surface area contributed by atoms with Crippen LogP contribution in [0.1, 0.15) is 83.5 Å². The second-order valence-electron chi connectivity index (χ2n) is 9.70. The maximum absolute atomic E-state index is 11.7. The number of nitrogens with one attached hydrogen (secondary N) is 2. The van der Waals surface area contributed by atoms with Gasteiger partial charge in [-0.25, -0.2) is 8.42 Å². The van der Waals surface area contributed by atoms with Crippen LogP contribution in [-0.4, -0.2) is 91.3 Å². The van der Waals surface area contributed by atoms with Gasteiger partial charge in [-0.05, 0) is 12.8 Å². The van der Waals surface area contributed by atoms with E-state index in [9.17, 15) is 26.6 Å². The van der Waals surface area contributed by atoms with E-state index in [1.807, 2.05) is 0 Å². The Hall–Kier alpha value is -1.00. The van der Waals surface area contributed by atoms with Crippen LogP contribution in [0.25, 0.3) is 0 Å². The van der Waals surface area contributed by atoms with Crippen molar-refractivity contribution in [1.82, 2.24) is 9.44 Å². The summed E-state index contributed by atoms with van der Waals surface area (Å²) in [6.07, 6.45) is 14.2. The summed E-state index contributed by atoms with van der Waals surface area (Å²) in [5.41, 5.74) is 0. The fourth-order valence-electron chi connectivity index (χ4n) is 3.59. The third-order valence-corrected chi connectivity index (χ3v) is 6.64. The van der Waals surface area contributed by atoms with Crippen molar-refractivity contribution in [2.75, 3.05) is 53.0 Å². The topological polar surface area (TPSA) is 182 Å². The molecule has 0 bridgehead atoms. The lowest BCUT2D eigenvalue weighted by Crippen LogP contribution is -2.48. The first-order chi connectivity index (χ1) is 17.1. The van der Waals surface area contributed by atoms with Crippen LogP contribution in [-0.2, 0) is 29.1 Å². The molecule has 224 valence electrons. The van der Waals surface area contributed by atoms with Crippen molar-refractivity contribution >= 4 is 31.3 Å². The fourth-order valence-corrected chi connectivity index (χ4v) is 5.01. The Morgan fingerprint density at radius 1 is 0.595 bits per heavy atom. The van der Waals surface area contributed by atoms with Gasteiger partial charge in [0.2, 0.25) is 0 Å². The standard InChI is InChI=1S/C23H52N4O8S2/c1-34-20-18-24-22(26-36(3,28,29)30)16-14-12-10-8-6-5-7-9-11-13-15-17-23(25-19-21-35-2)27-37(4,31,32)33/h5-21H2,1-4H3,(H3,24,26,28,29,30)(H3,25,27,31,32,33).